The molecule has 0 aliphatic heterocycles. The number of non-ortho nitro benzene ring substituents is 1. The van der Waals surface area contributed by atoms with E-state index in [2.05, 4.69) is 14.8 Å². The minimum atomic E-state index is -0.700. The van der Waals surface area contributed by atoms with E-state index in [4.69, 9.17) is 4.74 Å². The number of anilines is 1. The van der Waals surface area contributed by atoms with Crippen LogP contribution >= 0.6 is 0 Å². The Bertz CT molecular complexity index is 891. The van der Waals surface area contributed by atoms with E-state index >= 15 is 0 Å². The molecule has 2 aromatic rings. The molecule has 0 bridgehead atoms. The van der Waals surface area contributed by atoms with Gasteiger partial charge in [-0.05, 0) is 24.3 Å². The summed E-state index contributed by atoms with van der Waals surface area (Å²) in [5.74, 6) is -1.87. The highest BCUT2D eigenvalue weighted by Gasteiger charge is 2.15. The molecule has 0 saturated heterocycles. The number of benzene rings is 2. The quantitative estimate of drug-likeness (QED) is 0.433. The molecule has 10 heteroatoms. The smallest absolute Gasteiger partial charge is 0.337 e. The molecule has 1 amide bonds. The van der Waals surface area contributed by atoms with Gasteiger partial charge >= 0.3 is 11.9 Å². The summed E-state index contributed by atoms with van der Waals surface area (Å²) in [4.78, 5) is 45.8. The third kappa shape index (κ3) is 5.27. The number of rotatable bonds is 7. The van der Waals surface area contributed by atoms with Gasteiger partial charge in [0.1, 0.15) is 5.75 Å². The molecule has 0 radical (unpaired) electrons. The topological polar surface area (TPSA) is 134 Å². The zero-order valence-corrected chi connectivity index (χ0v) is 15.0. The number of hydrogen-bond acceptors (Lipinski definition) is 8. The highest BCUT2D eigenvalue weighted by atomic mass is 16.6. The molecule has 0 heterocycles. The van der Waals surface area contributed by atoms with Crippen molar-refractivity contribution >= 4 is 29.2 Å². The summed E-state index contributed by atoms with van der Waals surface area (Å²) >= 11 is 0. The Labute approximate surface area is 159 Å². The molecule has 0 spiro atoms. The molecule has 1 N–H and O–H groups in total. The molecule has 10 nitrogen and oxygen atoms in total. The number of nitrogens with one attached hydrogen (secondary N) is 1. The predicted molar refractivity (Wildman–Crippen MR) is 96.3 cm³/mol. The van der Waals surface area contributed by atoms with Gasteiger partial charge in [0.05, 0.1) is 36.3 Å². The van der Waals surface area contributed by atoms with E-state index < -0.39 is 29.4 Å². The average Bonchev–Trinajstić information content (AvgIpc) is 2.70. The lowest BCUT2D eigenvalue weighted by Crippen LogP contribution is -2.21. The van der Waals surface area contributed by atoms with Gasteiger partial charge in [-0.1, -0.05) is 6.07 Å². The summed E-state index contributed by atoms with van der Waals surface area (Å²) in [5.41, 5.74) is 0.0583. The highest BCUT2D eigenvalue weighted by molar-refractivity contribution is 5.99. The summed E-state index contributed by atoms with van der Waals surface area (Å²) < 4.78 is 14.5. The lowest BCUT2D eigenvalue weighted by Gasteiger charge is -2.10. The van der Waals surface area contributed by atoms with E-state index in [9.17, 15) is 24.5 Å². The predicted octanol–water partition coefficient (Wildman–Crippen LogP) is 2.19. The van der Waals surface area contributed by atoms with Gasteiger partial charge in [-0.25, -0.2) is 9.59 Å². The van der Waals surface area contributed by atoms with Gasteiger partial charge in [-0.15, -0.1) is 0 Å². The molecule has 0 aliphatic carbocycles. The maximum Gasteiger partial charge on any atom is 0.337 e. The van der Waals surface area contributed by atoms with Crippen molar-refractivity contribution in [1.82, 2.24) is 0 Å². The van der Waals surface area contributed by atoms with Crippen LogP contribution in [0.4, 0.5) is 11.4 Å². The molecule has 0 fully saturated rings. The van der Waals surface area contributed by atoms with E-state index in [0.29, 0.717) is 0 Å². The molecular formula is C18H16N2O8. The number of hydrogen-bond donors (Lipinski definition) is 1. The summed E-state index contributed by atoms with van der Waals surface area (Å²) in [5, 5.41) is 13.2. The Kier molecular flexibility index (Phi) is 6.63. The molecule has 0 aliphatic rings. The fraction of sp³-hybridized carbons (Fsp3) is 0.167. The van der Waals surface area contributed by atoms with Gasteiger partial charge in [0.25, 0.3) is 11.6 Å². The van der Waals surface area contributed by atoms with Crippen LogP contribution in [0.2, 0.25) is 0 Å². The summed E-state index contributed by atoms with van der Waals surface area (Å²) in [6, 6.07) is 9.28. The van der Waals surface area contributed by atoms with E-state index in [-0.39, 0.29) is 28.3 Å². The first-order chi connectivity index (χ1) is 13.3. The SMILES string of the molecule is COC(=O)c1cc(NC(=O)COc2cccc([N+](=O)[O-])c2)cc(C(=O)OC)c1. The van der Waals surface area contributed by atoms with Gasteiger partial charge in [0.2, 0.25) is 0 Å². The van der Waals surface area contributed by atoms with Crippen LogP contribution in [0.25, 0.3) is 0 Å². The number of methoxy groups -OCH3 is 2. The Balaban J connectivity index is 2.12. The fourth-order valence-corrected chi connectivity index (χ4v) is 2.20. The summed E-state index contributed by atoms with van der Waals surface area (Å²) in [6.45, 7) is -0.447. The minimum absolute atomic E-state index is 0.0419. The van der Waals surface area contributed by atoms with Gasteiger partial charge in [0, 0.05) is 11.8 Å². The first kappa shape index (κ1) is 20.4. The molecule has 0 saturated carbocycles. The second-order valence-corrected chi connectivity index (χ2v) is 5.37. The first-order valence-electron chi connectivity index (χ1n) is 7.83. The van der Waals surface area contributed by atoms with Crippen LogP contribution in [0.15, 0.2) is 42.5 Å². The Morgan fingerprint density at radius 3 is 2.14 bits per heavy atom. The average molecular weight is 388 g/mol. The molecule has 28 heavy (non-hydrogen) atoms. The number of carbonyl (C=O) groups excluding carboxylic acids is 3. The summed E-state index contributed by atoms with van der Waals surface area (Å²) in [6.07, 6.45) is 0. The van der Waals surface area contributed by atoms with Gasteiger partial charge < -0.3 is 19.5 Å². The molecular weight excluding hydrogens is 372 g/mol. The van der Waals surface area contributed by atoms with Crippen molar-refractivity contribution in [3.8, 4) is 5.75 Å². The van der Waals surface area contributed by atoms with Crippen molar-refractivity contribution < 1.29 is 33.5 Å². The van der Waals surface area contributed by atoms with Crippen LogP contribution < -0.4 is 10.1 Å². The third-order valence-corrected chi connectivity index (χ3v) is 3.46. The van der Waals surface area contributed by atoms with E-state index in [0.717, 1.165) is 0 Å². The van der Waals surface area contributed by atoms with Crippen LogP contribution in [0.1, 0.15) is 20.7 Å². The van der Waals surface area contributed by atoms with Crippen LogP contribution in [0, 0.1) is 10.1 Å². The second-order valence-electron chi connectivity index (χ2n) is 5.37. The number of amides is 1. The van der Waals surface area contributed by atoms with Crippen molar-refractivity contribution in [3.05, 3.63) is 63.7 Å². The van der Waals surface area contributed by atoms with E-state index in [1.165, 1.54) is 56.7 Å². The van der Waals surface area contributed by atoms with Gasteiger partial charge in [-0.3, -0.25) is 14.9 Å². The van der Waals surface area contributed by atoms with Crippen LogP contribution in [-0.4, -0.2) is 43.6 Å². The molecule has 0 atom stereocenters. The number of nitro groups is 1. The monoisotopic (exact) mass is 388 g/mol. The zero-order valence-electron chi connectivity index (χ0n) is 15.0. The van der Waals surface area contributed by atoms with Crippen LogP contribution in [0.3, 0.4) is 0 Å². The largest absolute Gasteiger partial charge is 0.484 e. The Morgan fingerprint density at radius 2 is 1.61 bits per heavy atom. The second kappa shape index (κ2) is 9.12. The van der Waals surface area contributed by atoms with Crippen molar-refractivity contribution in [2.24, 2.45) is 0 Å². The standard InChI is InChI=1S/C18H16N2O8/c1-26-17(22)11-6-12(18(23)27-2)8-13(7-11)19-16(21)10-28-15-5-3-4-14(9-15)20(24)25/h3-9H,10H2,1-2H3,(H,19,21). The van der Waals surface area contributed by atoms with Crippen molar-refractivity contribution in [1.29, 1.82) is 0 Å². The number of nitro benzene ring substituents is 1. The van der Waals surface area contributed by atoms with E-state index in [1.807, 2.05) is 0 Å². The lowest BCUT2D eigenvalue weighted by molar-refractivity contribution is -0.384. The molecule has 146 valence electrons. The normalized spacial score (nSPS) is 9.93. The zero-order chi connectivity index (χ0) is 20.7. The van der Waals surface area contributed by atoms with Crippen molar-refractivity contribution in [2.75, 3.05) is 26.1 Å². The van der Waals surface area contributed by atoms with Gasteiger partial charge in [0.15, 0.2) is 6.61 Å². The minimum Gasteiger partial charge on any atom is -0.484 e. The van der Waals surface area contributed by atoms with Gasteiger partial charge in [-0.2, -0.15) is 0 Å². The van der Waals surface area contributed by atoms with E-state index in [1.54, 1.807) is 0 Å². The number of nitrogens with zero attached hydrogens (tertiary/aromatic N) is 1. The fourth-order valence-electron chi connectivity index (χ4n) is 2.20. The number of ether oxygens (including phenoxy) is 3. The lowest BCUT2D eigenvalue weighted by atomic mass is 10.1. The van der Waals surface area contributed by atoms with Crippen molar-refractivity contribution in [3.63, 3.8) is 0 Å². The highest BCUT2D eigenvalue weighted by Crippen LogP contribution is 2.20. The maximum atomic E-state index is 12.1. The van der Waals surface area contributed by atoms with Crippen molar-refractivity contribution in [2.45, 2.75) is 0 Å². The first-order valence-corrected chi connectivity index (χ1v) is 7.83. The number of esters is 2. The molecule has 2 aromatic carbocycles. The maximum absolute atomic E-state index is 12.1. The molecule has 0 aromatic heterocycles. The molecule has 2 rings (SSSR count). The van der Waals surface area contributed by atoms with Crippen LogP contribution in [0.5, 0.6) is 5.75 Å². The molecule has 0 unspecified atom stereocenters. The van der Waals surface area contributed by atoms with Crippen LogP contribution in [-0.2, 0) is 14.3 Å². The summed E-state index contributed by atoms with van der Waals surface area (Å²) in [7, 11) is 2.36. The third-order valence-electron chi connectivity index (χ3n) is 3.46. The Hall–Kier alpha value is -3.95. The Morgan fingerprint density at radius 1 is 1.00 bits per heavy atom. The number of carbonyl (C=O) groups is 3.